The molecule has 0 fully saturated rings. The number of hydrogen-bond acceptors (Lipinski definition) is 5. The van der Waals surface area contributed by atoms with Crippen LogP contribution >= 0.6 is 27.3 Å². The molecule has 1 unspecified atom stereocenters. The molecule has 0 radical (unpaired) electrons. The molecule has 1 aromatic rings. The van der Waals surface area contributed by atoms with Crippen LogP contribution in [-0.4, -0.2) is 20.5 Å². The monoisotopic (exact) mass is 280 g/mol. The smallest absolute Gasteiger partial charge is 0.178 e. The van der Waals surface area contributed by atoms with E-state index in [2.05, 4.69) is 21.4 Å². The van der Waals surface area contributed by atoms with Gasteiger partial charge in [0.2, 0.25) is 0 Å². The average Bonchev–Trinajstić information content (AvgIpc) is 2.61. The second kappa shape index (κ2) is 5.79. The third-order valence-electron chi connectivity index (χ3n) is 1.84. The topological polar surface area (TPSA) is 56.5 Å². The Balaban J connectivity index is 2.86. The minimum absolute atomic E-state index is 0.167. The number of halogens is 1. The fraction of sp³-hybridized carbons (Fsp3) is 0.500. The lowest BCUT2D eigenvalue weighted by Gasteiger charge is -2.23. The Morgan fingerprint density at radius 2 is 2.14 bits per heavy atom. The fourth-order valence-corrected chi connectivity index (χ4v) is 2.86. The zero-order chi connectivity index (χ0) is 10.6. The maximum Gasteiger partial charge on any atom is 0.178 e. The highest BCUT2D eigenvalue weighted by Gasteiger charge is 2.24. The summed E-state index contributed by atoms with van der Waals surface area (Å²) < 4.78 is 11.3. The Morgan fingerprint density at radius 1 is 1.50 bits per heavy atom. The number of rotatable bonds is 5. The number of hydrazine groups is 1. The Hall–Kier alpha value is 0.0200. The highest BCUT2D eigenvalue weighted by atomic mass is 79.9. The number of methoxy groups -OCH3 is 2. The molecule has 0 saturated carbocycles. The Morgan fingerprint density at radius 3 is 2.50 bits per heavy atom. The fourth-order valence-electron chi connectivity index (χ4n) is 1.17. The average molecular weight is 281 g/mol. The first kappa shape index (κ1) is 12.1. The standard InChI is InChI=1S/C8H13BrN2O2S/c1-12-8(13-2)6(11-10)7-5(9)3-4-14-7/h3-4,6,8,11H,10H2,1-2H3. The van der Waals surface area contributed by atoms with Gasteiger partial charge < -0.3 is 9.47 Å². The van der Waals surface area contributed by atoms with Crippen LogP contribution in [0.1, 0.15) is 10.9 Å². The van der Waals surface area contributed by atoms with Gasteiger partial charge in [-0.3, -0.25) is 5.84 Å². The van der Waals surface area contributed by atoms with E-state index in [1.807, 2.05) is 11.4 Å². The number of thiophene rings is 1. The predicted octanol–water partition coefficient (Wildman–Crippen LogP) is 1.63. The Kier molecular flexibility index (Phi) is 5.00. The summed E-state index contributed by atoms with van der Waals surface area (Å²) in [5.74, 6) is 5.46. The summed E-state index contributed by atoms with van der Waals surface area (Å²) in [5.41, 5.74) is 2.68. The van der Waals surface area contributed by atoms with Gasteiger partial charge in [0.1, 0.15) is 6.04 Å². The van der Waals surface area contributed by atoms with E-state index in [0.29, 0.717) is 0 Å². The van der Waals surface area contributed by atoms with E-state index in [-0.39, 0.29) is 6.04 Å². The number of ether oxygens (including phenoxy) is 2. The van der Waals surface area contributed by atoms with E-state index in [1.165, 1.54) is 0 Å². The molecule has 4 nitrogen and oxygen atoms in total. The normalized spacial score (nSPS) is 13.5. The van der Waals surface area contributed by atoms with Gasteiger partial charge in [-0.05, 0) is 27.4 Å². The van der Waals surface area contributed by atoms with Gasteiger partial charge in [-0.25, -0.2) is 5.43 Å². The van der Waals surface area contributed by atoms with E-state index in [4.69, 9.17) is 15.3 Å². The summed E-state index contributed by atoms with van der Waals surface area (Å²) in [7, 11) is 3.17. The van der Waals surface area contributed by atoms with Crippen molar-refractivity contribution < 1.29 is 9.47 Å². The van der Waals surface area contributed by atoms with Crippen molar-refractivity contribution >= 4 is 27.3 Å². The van der Waals surface area contributed by atoms with Crippen LogP contribution in [0, 0.1) is 0 Å². The van der Waals surface area contributed by atoms with Gasteiger partial charge in [0.05, 0.1) is 0 Å². The molecule has 0 aliphatic carbocycles. The molecule has 1 rings (SSSR count). The molecule has 6 heteroatoms. The zero-order valence-corrected chi connectivity index (χ0v) is 10.4. The van der Waals surface area contributed by atoms with Crippen LogP contribution in [0.2, 0.25) is 0 Å². The van der Waals surface area contributed by atoms with E-state index < -0.39 is 6.29 Å². The molecule has 80 valence electrons. The first-order valence-electron chi connectivity index (χ1n) is 3.99. The third kappa shape index (κ3) is 2.53. The van der Waals surface area contributed by atoms with E-state index >= 15 is 0 Å². The summed E-state index contributed by atoms with van der Waals surface area (Å²) in [5, 5.41) is 1.98. The summed E-state index contributed by atoms with van der Waals surface area (Å²) in [4.78, 5) is 1.06. The second-order valence-corrected chi connectivity index (χ2v) is 4.42. The molecular weight excluding hydrogens is 268 g/mol. The zero-order valence-electron chi connectivity index (χ0n) is 7.99. The van der Waals surface area contributed by atoms with E-state index in [9.17, 15) is 0 Å². The summed E-state index contributed by atoms with van der Waals surface area (Å²) in [6, 6.07) is 1.80. The molecule has 1 aromatic heterocycles. The van der Waals surface area contributed by atoms with Crippen molar-refractivity contribution in [3.05, 3.63) is 20.8 Å². The van der Waals surface area contributed by atoms with Crippen LogP contribution in [0.5, 0.6) is 0 Å². The first-order valence-corrected chi connectivity index (χ1v) is 5.66. The highest BCUT2D eigenvalue weighted by Crippen LogP contribution is 2.31. The molecule has 0 bridgehead atoms. The van der Waals surface area contributed by atoms with Crippen LogP contribution in [-0.2, 0) is 9.47 Å². The van der Waals surface area contributed by atoms with Crippen molar-refractivity contribution in [2.45, 2.75) is 12.3 Å². The van der Waals surface area contributed by atoms with E-state index in [1.54, 1.807) is 25.6 Å². The van der Waals surface area contributed by atoms with E-state index in [0.717, 1.165) is 9.35 Å². The second-order valence-electron chi connectivity index (χ2n) is 2.62. The van der Waals surface area contributed by atoms with Crippen molar-refractivity contribution in [2.75, 3.05) is 14.2 Å². The molecule has 14 heavy (non-hydrogen) atoms. The van der Waals surface area contributed by atoms with Crippen molar-refractivity contribution in [3.8, 4) is 0 Å². The lowest BCUT2D eigenvalue weighted by Crippen LogP contribution is -2.38. The number of hydrogen-bond donors (Lipinski definition) is 2. The molecule has 0 aliphatic heterocycles. The summed E-state index contributed by atoms with van der Waals surface area (Å²) >= 11 is 5.03. The van der Waals surface area contributed by atoms with Crippen molar-refractivity contribution in [3.63, 3.8) is 0 Å². The van der Waals surface area contributed by atoms with Crippen molar-refractivity contribution in [2.24, 2.45) is 5.84 Å². The van der Waals surface area contributed by atoms with Gasteiger partial charge in [0, 0.05) is 23.6 Å². The van der Waals surface area contributed by atoms with Gasteiger partial charge in [0.15, 0.2) is 6.29 Å². The maximum absolute atomic E-state index is 5.46. The predicted molar refractivity (Wildman–Crippen MR) is 59.9 cm³/mol. The van der Waals surface area contributed by atoms with Crippen LogP contribution < -0.4 is 11.3 Å². The van der Waals surface area contributed by atoms with Gasteiger partial charge in [-0.1, -0.05) is 0 Å². The molecule has 3 N–H and O–H groups in total. The Labute approximate surface area is 95.5 Å². The van der Waals surface area contributed by atoms with Crippen molar-refractivity contribution in [1.82, 2.24) is 5.43 Å². The molecule has 1 atom stereocenters. The number of nitrogens with one attached hydrogen (secondary N) is 1. The largest absolute Gasteiger partial charge is 0.354 e. The highest BCUT2D eigenvalue weighted by molar-refractivity contribution is 9.10. The summed E-state index contributed by atoms with van der Waals surface area (Å²) in [6.45, 7) is 0. The lowest BCUT2D eigenvalue weighted by molar-refractivity contribution is -0.123. The molecule has 0 aliphatic rings. The quantitative estimate of drug-likeness (QED) is 0.489. The Bertz CT molecular complexity index is 278. The summed E-state index contributed by atoms with van der Waals surface area (Å²) in [6.07, 6.45) is -0.394. The SMILES string of the molecule is COC(OC)C(NN)c1sccc1Br. The van der Waals surface area contributed by atoms with Crippen LogP contribution in [0.3, 0.4) is 0 Å². The van der Waals surface area contributed by atoms with Crippen LogP contribution in [0.15, 0.2) is 15.9 Å². The van der Waals surface area contributed by atoms with Gasteiger partial charge in [0.25, 0.3) is 0 Å². The van der Waals surface area contributed by atoms with Gasteiger partial charge >= 0.3 is 0 Å². The molecule has 1 heterocycles. The molecular formula is C8H13BrN2O2S. The minimum atomic E-state index is -0.394. The molecule has 0 saturated heterocycles. The molecule has 0 aromatic carbocycles. The van der Waals surface area contributed by atoms with Crippen LogP contribution in [0.25, 0.3) is 0 Å². The maximum atomic E-state index is 5.46. The van der Waals surface area contributed by atoms with Gasteiger partial charge in [-0.15, -0.1) is 11.3 Å². The minimum Gasteiger partial charge on any atom is -0.354 e. The molecule has 0 spiro atoms. The van der Waals surface area contributed by atoms with Crippen molar-refractivity contribution in [1.29, 1.82) is 0 Å². The number of nitrogens with two attached hydrogens (primary N) is 1. The third-order valence-corrected chi connectivity index (χ3v) is 3.80. The van der Waals surface area contributed by atoms with Crippen LogP contribution in [0.4, 0.5) is 0 Å². The first-order chi connectivity index (χ1) is 6.74. The van der Waals surface area contributed by atoms with Gasteiger partial charge in [-0.2, -0.15) is 0 Å². The molecule has 0 amide bonds. The lowest BCUT2D eigenvalue weighted by atomic mass is 10.2.